The molecule has 1 aliphatic rings. The van der Waals surface area contributed by atoms with Crippen molar-refractivity contribution in [1.82, 2.24) is 5.32 Å². The minimum absolute atomic E-state index is 0.147. The summed E-state index contributed by atoms with van der Waals surface area (Å²) in [5.74, 6) is -0.469. The third-order valence-corrected chi connectivity index (χ3v) is 3.45. The molecule has 2 atom stereocenters. The molecule has 0 spiro atoms. The Morgan fingerprint density at radius 1 is 1.38 bits per heavy atom. The van der Waals surface area contributed by atoms with Crippen molar-refractivity contribution in [3.63, 3.8) is 0 Å². The highest BCUT2D eigenvalue weighted by atomic mass is 79.9. The highest BCUT2D eigenvalue weighted by molar-refractivity contribution is 9.10. The fourth-order valence-corrected chi connectivity index (χ4v) is 2.45. The summed E-state index contributed by atoms with van der Waals surface area (Å²) >= 11 is 3.23. The number of piperidine rings is 1. The van der Waals surface area contributed by atoms with E-state index in [0.717, 1.165) is 25.8 Å². The molecule has 1 N–H and O–H groups in total. The van der Waals surface area contributed by atoms with Gasteiger partial charge in [-0.3, -0.25) is 0 Å². The van der Waals surface area contributed by atoms with Gasteiger partial charge in [0.15, 0.2) is 0 Å². The first-order chi connectivity index (χ1) is 7.68. The Morgan fingerprint density at radius 2 is 2.19 bits per heavy atom. The van der Waals surface area contributed by atoms with E-state index in [1.54, 1.807) is 6.07 Å². The lowest BCUT2D eigenvalue weighted by Gasteiger charge is -2.27. The van der Waals surface area contributed by atoms with Gasteiger partial charge in [0.2, 0.25) is 0 Å². The molecular weight excluding hydrogens is 276 g/mol. The van der Waals surface area contributed by atoms with Gasteiger partial charge in [-0.25, -0.2) is 8.78 Å². The van der Waals surface area contributed by atoms with E-state index in [4.69, 9.17) is 0 Å². The van der Waals surface area contributed by atoms with Gasteiger partial charge in [-0.1, -0.05) is 22.4 Å². The second-order valence-corrected chi connectivity index (χ2v) is 5.04. The first-order valence-electron chi connectivity index (χ1n) is 5.51. The number of hydrogen-bond donors (Lipinski definition) is 1. The lowest BCUT2D eigenvalue weighted by molar-refractivity contribution is 0.216. The number of nitrogens with one attached hydrogen (secondary N) is 1. The Bertz CT molecular complexity index is 364. The highest BCUT2D eigenvalue weighted by Crippen LogP contribution is 2.30. The van der Waals surface area contributed by atoms with Gasteiger partial charge in [-0.2, -0.15) is 0 Å². The van der Waals surface area contributed by atoms with Crippen LogP contribution in [-0.4, -0.2) is 12.6 Å². The van der Waals surface area contributed by atoms with Crippen molar-refractivity contribution in [3.05, 3.63) is 34.1 Å². The van der Waals surface area contributed by atoms with Gasteiger partial charge in [0.25, 0.3) is 0 Å². The zero-order valence-corrected chi connectivity index (χ0v) is 10.4. The highest BCUT2D eigenvalue weighted by Gasteiger charge is 2.26. The van der Waals surface area contributed by atoms with Crippen LogP contribution in [0.1, 0.15) is 31.0 Å². The molecule has 1 heterocycles. The van der Waals surface area contributed by atoms with Crippen LogP contribution in [0.5, 0.6) is 0 Å². The number of alkyl halides is 1. The zero-order chi connectivity index (χ0) is 11.5. The van der Waals surface area contributed by atoms with Crippen LogP contribution in [0.4, 0.5) is 8.78 Å². The normalized spacial score (nSPS) is 23.1. The Morgan fingerprint density at radius 3 is 2.88 bits per heavy atom. The summed E-state index contributed by atoms with van der Waals surface area (Å²) < 4.78 is 28.3. The number of hydrogen-bond acceptors (Lipinski definition) is 1. The monoisotopic (exact) mass is 289 g/mol. The summed E-state index contributed by atoms with van der Waals surface area (Å²) in [6, 6.07) is 4.16. The van der Waals surface area contributed by atoms with Crippen LogP contribution in [0, 0.1) is 5.82 Å². The molecule has 0 amide bonds. The summed E-state index contributed by atoms with van der Waals surface area (Å²) in [5, 5.41) is 3.11. The maximum Gasteiger partial charge on any atom is 0.143 e. The summed E-state index contributed by atoms with van der Waals surface area (Å²) in [5.41, 5.74) is 0.147. The van der Waals surface area contributed by atoms with Crippen LogP contribution in [0.3, 0.4) is 0 Å². The molecule has 1 aromatic carbocycles. The van der Waals surface area contributed by atoms with E-state index in [1.807, 2.05) is 0 Å². The van der Waals surface area contributed by atoms with Crippen LogP contribution in [0.25, 0.3) is 0 Å². The second kappa shape index (κ2) is 5.23. The summed E-state index contributed by atoms with van der Waals surface area (Å²) in [6.07, 6.45) is 1.59. The Balaban J connectivity index is 2.18. The molecule has 2 unspecified atom stereocenters. The SMILES string of the molecule is Fc1ccc(Br)cc1C(F)C1CCCCN1. The van der Waals surface area contributed by atoms with Crippen LogP contribution in [0.2, 0.25) is 0 Å². The maximum atomic E-state index is 14.1. The predicted octanol–water partition coefficient (Wildman–Crippen LogP) is 3.74. The van der Waals surface area contributed by atoms with Crippen LogP contribution in [0.15, 0.2) is 22.7 Å². The van der Waals surface area contributed by atoms with Crippen molar-refractivity contribution in [3.8, 4) is 0 Å². The molecule has 0 aliphatic carbocycles. The van der Waals surface area contributed by atoms with Crippen LogP contribution < -0.4 is 5.32 Å². The molecule has 1 aromatic rings. The fraction of sp³-hybridized carbons (Fsp3) is 0.500. The third kappa shape index (κ3) is 2.61. The van der Waals surface area contributed by atoms with E-state index in [2.05, 4.69) is 21.2 Å². The van der Waals surface area contributed by atoms with Gasteiger partial charge in [0.1, 0.15) is 12.0 Å². The smallest absolute Gasteiger partial charge is 0.143 e. The molecule has 88 valence electrons. The summed E-state index contributed by atoms with van der Waals surface area (Å²) in [7, 11) is 0. The van der Waals surface area contributed by atoms with Crippen molar-refractivity contribution in [2.45, 2.75) is 31.5 Å². The lowest BCUT2D eigenvalue weighted by Crippen LogP contribution is -2.37. The average Bonchev–Trinajstić information content (AvgIpc) is 2.32. The molecule has 16 heavy (non-hydrogen) atoms. The average molecular weight is 290 g/mol. The second-order valence-electron chi connectivity index (χ2n) is 4.12. The molecule has 1 fully saturated rings. The molecule has 1 saturated heterocycles. The van der Waals surface area contributed by atoms with E-state index in [1.165, 1.54) is 12.1 Å². The summed E-state index contributed by atoms with van der Waals surface area (Å²) in [6.45, 7) is 0.820. The third-order valence-electron chi connectivity index (χ3n) is 2.96. The lowest BCUT2D eigenvalue weighted by atomic mass is 9.96. The first-order valence-corrected chi connectivity index (χ1v) is 6.30. The molecule has 0 aromatic heterocycles. The fourth-order valence-electron chi connectivity index (χ4n) is 2.07. The van der Waals surface area contributed by atoms with Gasteiger partial charge in [-0.15, -0.1) is 0 Å². The largest absolute Gasteiger partial charge is 0.311 e. The predicted molar refractivity (Wildman–Crippen MR) is 63.6 cm³/mol. The minimum Gasteiger partial charge on any atom is -0.311 e. The Labute approximate surface area is 102 Å². The van der Waals surface area contributed by atoms with Crippen molar-refractivity contribution < 1.29 is 8.78 Å². The number of halogens is 3. The zero-order valence-electron chi connectivity index (χ0n) is 8.85. The van der Waals surface area contributed by atoms with Gasteiger partial charge in [0, 0.05) is 16.1 Å². The molecule has 0 radical (unpaired) electrons. The molecule has 1 nitrogen and oxygen atoms in total. The number of benzene rings is 1. The van der Waals surface area contributed by atoms with Gasteiger partial charge < -0.3 is 5.32 Å². The van der Waals surface area contributed by atoms with Crippen LogP contribution >= 0.6 is 15.9 Å². The maximum absolute atomic E-state index is 14.1. The summed E-state index contributed by atoms with van der Waals surface area (Å²) in [4.78, 5) is 0. The van der Waals surface area contributed by atoms with Gasteiger partial charge in [0.05, 0.1) is 0 Å². The molecule has 2 rings (SSSR count). The van der Waals surface area contributed by atoms with Crippen molar-refractivity contribution in [2.24, 2.45) is 0 Å². The van der Waals surface area contributed by atoms with Crippen molar-refractivity contribution in [2.75, 3.05) is 6.54 Å². The Hall–Kier alpha value is -0.480. The van der Waals surface area contributed by atoms with E-state index >= 15 is 0 Å². The Kier molecular flexibility index (Phi) is 3.92. The van der Waals surface area contributed by atoms with Crippen molar-refractivity contribution >= 4 is 15.9 Å². The molecule has 1 aliphatic heterocycles. The van der Waals surface area contributed by atoms with E-state index in [-0.39, 0.29) is 11.6 Å². The van der Waals surface area contributed by atoms with Gasteiger partial charge >= 0.3 is 0 Å². The van der Waals surface area contributed by atoms with E-state index in [9.17, 15) is 8.78 Å². The molecule has 0 bridgehead atoms. The quantitative estimate of drug-likeness (QED) is 0.875. The standard InChI is InChI=1S/C12H14BrF2N/c13-8-4-5-10(14)9(7-8)12(15)11-3-1-2-6-16-11/h4-5,7,11-12,16H,1-3,6H2. The van der Waals surface area contributed by atoms with Gasteiger partial charge in [-0.05, 0) is 37.6 Å². The van der Waals surface area contributed by atoms with Crippen molar-refractivity contribution in [1.29, 1.82) is 0 Å². The van der Waals surface area contributed by atoms with E-state index in [0.29, 0.717) is 4.47 Å². The first kappa shape index (κ1) is 12.0. The molecule has 4 heteroatoms. The number of rotatable bonds is 2. The minimum atomic E-state index is -1.27. The molecule has 0 saturated carbocycles. The van der Waals surface area contributed by atoms with Crippen LogP contribution in [-0.2, 0) is 0 Å². The topological polar surface area (TPSA) is 12.0 Å². The molecular formula is C12H14BrF2N. The van der Waals surface area contributed by atoms with E-state index < -0.39 is 12.0 Å².